The summed E-state index contributed by atoms with van der Waals surface area (Å²) in [6.45, 7) is 12.8. The summed E-state index contributed by atoms with van der Waals surface area (Å²) in [4.78, 5) is 5.29. The highest BCUT2D eigenvalue weighted by Crippen LogP contribution is 2.30. The Morgan fingerprint density at radius 2 is 2.00 bits per heavy atom. The molecule has 1 fully saturated rings. The van der Waals surface area contributed by atoms with Crippen molar-refractivity contribution in [3.8, 4) is 0 Å². The second-order valence-corrected chi connectivity index (χ2v) is 6.17. The zero-order chi connectivity index (χ0) is 13.9. The Kier molecular flexibility index (Phi) is 4.39. The Bertz CT molecular complexity index is 450. The maximum atomic E-state index is 3.60. The lowest BCUT2D eigenvalue weighted by Crippen LogP contribution is -2.50. The quantitative estimate of drug-likeness (QED) is 0.910. The number of benzene rings is 1. The van der Waals surface area contributed by atoms with Crippen LogP contribution in [-0.4, -0.2) is 49.1 Å². The minimum atomic E-state index is 0.573. The maximum Gasteiger partial charge on any atom is 0.0479 e. The summed E-state index contributed by atoms with van der Waals surface area (Å²) >= 11 is 0. The Morgan fingerprint density at radius 1 is 1.20 bits per heavy atom. The molecular formula is C17H27N3. The number of aryl methyl sites for hydroxylation is 1. The minimum absolute atomic E-state index is 0.573. The molecule has 0 unspecified atom stereocenters. The highest BCUT2D eigenvalue weighted by Gasteiger charge is 2.29. The summed E-state index contributed by atoms with van der Waals surface area (Å²) in [7, 11) is 0. The van der Waals surface area contributed by atoms with Gasteiger partial charge in [0.2, 0.25) is 0 Å². The predicted molar refractivity (Wildman–Crippen MR) is 83.9 cm³/mol. The van der Waals surface area contributed by atoms with E-state index in [2.05, 4.69) is 47.2 Å². The van der Waals surface area contributed by atoms with E-state index in [0.717, 1.165) is 13.1 Å². The van der Waals surface area contributed by atoms with Crippen molar-refractivity contribution in [2.45, 2.75) is 32.9 Å². The van der Waals surface area contributed by atoms with E-state index in [1.54, 1.807) is 5.56 Å². The zero-order valence-corrected chi connectivity index (χ0v) is 12.9. The summed E-state index contributed by atoms with van der Waals surface area (Å²) in [6, 6.07) is 7.32. The first-order chi connectivity index (χ1) is 9.79. The van der Waals surface area contributed by atoms with Gasteiger partial charge in [0.05, 0.1) is 0 Å². The summed E-state index contributed by atoms with van der Waals surface area (Å²) in [5.41, 5.74) is 4.55. The Labute approximate surface area is 123 Å². The monoisotopic (exact) mass is 273 g/mol. The largest absolute Gasteiger partial charge is 0.311 e. The molecule has 20 heavy (non-hydrogen) atoms. The van der Waals surface area contributed by atoms with E-state index in [-0.39, 0.29) is 0 Å². The minimum Gasteiger partial charge on any atom is -0.311 e. The van der Waals surface area contributed by atoms with Gasteiger partial charge >= 0.3 is 0 Å². The van der Waals surface area contributed by atoms with Gasteiger partial charge in [-0.2, -0.15) is 0 Å². The maximum absolute atomic E-state index is 3.60. The molecule has 0 saturated carbocycles. The van der Waals surface area contributed by atoms with Crippen molar-refractivity contribution < 1.29 is 0 Å². The number of nitrogens with one attached hydrogen (secondary N) is 1. The van der Waals surface area contributed by atoms with E-state index in [9.17, 15) is 0 Å². The molecule has 110 valence electrons. The topological polar surface area (TPSA) is 18.5 Å². The van der Waals surface area contributed by atoms with Crippen LogP contribution in [0.2, 0.25) is 0 Å². The standard InChI is InChI=1S/C17H27N3/c1-3-7-19-8-10-20(11-9-19)16-13-18-12-15-6-4-5-14(2)17(15)16/h4-6,16,18H,3,7-13H2,1-2H3/t16-/m0/s1. The third-order valence-electron chi connectivity index (χ3n) is 4.79. The van der Waals surface area contributed by atoms with Gasteiger partial charge in [-0.3, -0.25) is 4.90 Å². The molecule has 2 aliphatic heterocycles. The van der Waals surface area contributed by atoms with Crippen molar-refractivity contribution in [2.24, 2.45) is 0 Å². The number of piperazine rings is 1. The average Bonchev–Trinajstić information content (AvgIpc) is 2.48. The third-order valence-corrected chi connectivity index (χ3v) is 4.79. The van der Waals surface area contributed by atoms with E-state index in [1.807, 2.05) is 0 Å². The molecule has 1 aromatic rings. The van der Waals surface area contributed by atoms with Crippen LogP contribution in [0.4, 0.5) is 0 Å². The highest BCUT2D eigenvalue weighted by molar-refractivity contribution is 5.39. The van der Waals surface area contributed by atoms with Crippen molar-refractivity contribution in [3.05, 3.63) is 34.9 Å². The van der Waals surface area contributed by atoms with E-state index in [1.165, 1.54) is 50.3 Å². The SMILES string of the molecule is CCCN1CCN([C@H]2CNCc3cccc(C)c32)CC1. The molecule has 1 saturated heterocycles. The number of fused-ring (bicyclic) bond motifs is 1. The van der Waals surface area contributed by atoms with Crippen LogP contribution in [0.1, 0.15) is 36.1 Å². The van der Waals surface area contributed by atoms with E-state index >= 15 is 0 Å². The lowest BCUT2D eigenvalue weighted by molar-refractivity contribution is 0.0915. The molecule has 0 radical (unpaired) electrons. The van der Waals surface area contributed by atoms with Gasteiger partial charge in [-0.1, -0.05) is 25.1 Å². The van der Waals surface area contributed by atoms with Gasteiger partial charge in [0.25, 0.3) is 0 Å². The van der Waals surface area contributed by atoms with Crippen LogP contribution in [0, 0.1) is 6.92 Å². The van der Waals surface area contributed by atoms with E-state index in [4.69, 9.17) is 0 Å². The summed E-state index contributed by atoms with van der Waals surface area (Å²) in [5, 5.41) is 3.60. The van der Waals surface area contributed by atoms with Gasteiger partial charge in [-0.05, 0) is 36.6 Å². The first kappa shape index (κ1) is 14.1. The third kappa shape index (κ3) is 2.76. The lowest BCUT2D eigenvalue weighted by atomic mass is 9.91. The van der Waals surface area contributed by atoms with Crippen molar-refractivity contribution in [1.29, 1.82) is 0 Å². The molecule has 3 rings (SSSR count). The Balaban J connectivity index is 1.74. The fourth-order valence-corrected chi connectivity index (χ4v) is 3.74. The molecule has 0 amide bonds. The van der Waals surface area contributed by atoms with Crippen molar-refractivity contribution in [2.75, 3.05) is 39.3 Å². The van der Waals surface area contributed by atoms with Crippen molar-refractivity contribution in [3.63, 3.8) is 0 Å². The van der Waals surface area contributed by atoms with E-state index < -0.39 is 0 Å². The number of hydrogen-bond donors (Lipinski definition) is 1. The lowest BCUT2D eigenvalue weighted by Gasteiger charge is -2.42. The first-order valence-electron chi connectivity index (χ1n) is 8.05. The van der Waals surface area contributed by atoms with Gasteiger partial charge in [-0.15, -0.1) is 0 Å². The average molecular weight is 273 g/mol. The Hall–Kier alpha value is -0.900. The van der Waals surface area contributed by atoms with Crippen LogP contribution in [0.5, 0.6) is 0 Å². The summed E-state index contributed by atoms with van der Waals surface area (Å²) in [6.07, 6.45) is 1.27. The van der Waals surface area contributed by atoms with Crippen molar-refractivity contribution >= 4 is 0 Å². The van der Waals surface area contributed by atoms with Crippen LogP contribution in [0.25, 0.3) is 0 Å². The summed E-state index contributed by atoms with van der Waals surface area (Å²) < 4.78 is 0. The molecule has 0 spiro atoms. The van der Waals surface area contributed by atoms with Gasteiger partial charge < -0.3 is 10.2 Å². The second kappa shape index (κ2) is 6.25. The summed E-state index contributed by atoms with van der Waals surface area (Å²) in [5.74, 6) is 0. The fourth-order valence-electron chi connectivity index (χ4n) is 3.74. The molecular weight excluding hydrogens is 246 g/mol. The molecule has 1 atom stereocenters. The molecule has 1 aromatic carbocycles. The van der Waals surface area contributed by atoms with Crippen LogP contribution in [0.3, 0.4) is 0 Å². The van der Waals surface area contributed by atoms with E-state index in [0.29, 0.717) is 6.04 Å². The normalized spacial score (nSPS) is 24.6. The predicted octanol–water partition coefficient (Wildman–Crippen LogP) is 2.17. The molecule has 3 nitrogen and oxygen atoms in total. The van der Waals surface area contributed by atoms with Crippen LogP contribution < -0.4 is 5.32 Å². The smallest absolute Gasteiger partial charge is 0.0479 e. The molecule has 0 aromatic heterocycles. The van der Waals surface area contributed by atoms with Crippen LogP contribution >= 0.6 is 0 Å². The van der Waals surface area contributed by atoms with Gasteiger partial charge in [0, 0.05) is 45.3 Å². The molecule has 1 N–H and O–H groups in total. The molecule has 2 heterocycles. The first-order valence-corrected chi connectivity index (χ1v) is 8.05. The number of nitrogens with zero attached hydrogens (tertiary/aromatic N) is 2. The van der Waals surface area contributed by atoms with Gasteiger partial charge in [0.1, 0.15) is 0 Å². The number of rotatable bonds is 3. The molecule has 2 aliphatic rings. The fraction of sp³-hybridized carbons (Fsp3) is 0.647. The Morgan fingerprint density at radius 3 is 2.75 bits per heavy atom. The van der Waals surface area contributed by atoms with Crippen LogP contribution in [-0.2, 0) is 6.54 Å². The van der Waals surface area contributed by atoms with Crippen molar-refractivity contribution in [1.82, 2.24) is 15.1 Å². The molecule has 0 bridgehead atoms. The molecule has 0 aliphatic carbocycles. The highest BCUT2D eigenvalue weighted by atomic mass is 15.3. The second-order valence-electron chi connectivity index (χ2n) is 6.17. The van der Waals surface area contributed by atoms with Gasteiger partial charge in [-0.25, -0.2) is 0 Å². The molecule has 3 heteroatoms. The zero-order valence-electron chi connectivity index (χ0n) is 12.9. The number of hydrogen-bond acceptors (Lipinski definition) is 3. The van der Waals surface area contributed by atoms with Crippen LogP contribution in [0.15, 0.2) is 18.2 Å². The van der Waals surface area contributed by atoms with Gasteiger partial charge in [0.15, 0.2) is 0 Å².